The zero-order valence-corrected chi connectivity index (χ0v) is 9.26. The molecular formula is C12H13N3O2. The second kappa shape index (κ2) is 4.74. The van der Waals surface area contributed by atoms with E-state index in [-0.39, 0.29) is 6.04 Å². The highest BCUT2D eigenvalue weighted by Gasteiger charge is 2.25. The number of carboxylic acid groups (broad SMARTS) is 1. The van der Waals surface area contributed by atoms with Gasteiger partial charge in [-0.25, -0.2) is 4.79 Å². The van der Waals surface area contributed by atoms with E-state index in [2.05, 4.69) is 11.4 Å². The Morgan fingerprint density at radius 3 is 2.71 bits per heavy atom. The lowest BCUT2D eigenvalue weighted by atomic mass is 10.2. The molecule has 0 radical (unpaired) electrons. The summed E-state index contributed by atoms with van der Waals surface area (Å²) in [6, 6.07) is 9.36. The van der Waals surface area contributed by atoms with Crippen LogP contribution in [0, 0.1) is 11.3 Å². The van der Waals surface area contributed by atoms with Gasteiger partial charge in [0.2, 0.25) is 0 Å². The molecule has 1 atom stereocenters. The molecule has 1 unspecified atom stereocenters. The van der Waals surface area contributed by atoms with Crippen LogP contribution in [-0.4, -0.2) is 35.2 Å². The first kappa shape index (κ1) is 11.3. The minimum Gasteiger partial charge on any atom is -0.465 e. The zero-order chi connectivity index (χ0) is 12.3. The van der Waals surface area contributed by atoms with Gasteiger partial charge < -0.3 is 15.3 Å². The van der Waals surface area contributed by atoms with Crippen molar-refractivity contribution in [3.63, 3.8) is 0 Å². The summed E-state index contributed by atoms with van der Waals surface area (Å²) < 4.78 is 0. The number of nitriles is 1. The smallest absolute Gasteiger partial charge is 0.407 e. The summed E-state index contributed by atoms with van der Waals surface area (Å²) in [5.41, 5.74) is 1.54. The first-order chi connectivity index (χ1) is 8.19. The average Bonchev–Trinajstić information content (AvgIpc) is 2.79. The van der Waals surface area contributed by atoms with Crippen molar-refractivity contribution in [1.29, 1.82) is 5.26 Å². The van der Waals surface area contributed by atoms with Crippen LogP contribution in [0.2, 0.25) is 0 Å². The van der Waals surface area contributed by atoms with Crippen LogP contribution in [0.4, 0.5) is 10.5 Å². The number of likely N-dealkylation sites (tertiary alicyclic amines) is 1. The standard InChI is InChI=1S/C12H13N3O2/c13-7-9-1-3-10(4-2-9)14-11-5-6-15(8-11)12(16)17/h1-4,11,14H,5-6,8H2,(H,16,17). The average molecular weight is 231 g/mol. The van der Waals surface area contributed by atoms with E-state index in [9.17, 15) is 4.79 Å². The van der Waals surface area contributed by atoms with Gasteiger partial charge in [0, 0.05) is 24.8 Å². The highest BCUT2D eigenvalue weighted by Crippen LogP contribution is 2.16. The fraction of sp³-hybridized carbons (Fsp3) is 0.333. The van der Waals surface area contributed by atoms with E-state index in [4.69, 9.17) is 10.4 Å². The third-order valence-electron chi connectivity index (χ3n) is 2.84. The molecule has 0 aromatic heterocycles. The molecule has 17 heavy (non-hydrogen) atoms. The molecular weight excluding hydrogens is 218 g/mol. The van der Waals surface area contributed by atoms with E-state index in [0.717, 1.165) is 12.1 Å². The molecule has 1 heterocycles. The van der Waals surface area contributed by atoms with Gasteiger partial charge in [-0.3, -0.25) is 0 Å². The van der Waals surface area contributed by atoms with Gasteiger partial charge in [-0.1, -0.05) is 0 Å². The number of carbonyl (C=O) groups is 1. The topological polar surface area (TPSA) is 76.4 Å². The maximum Gasteiger partial charge on any atom is 0.407 e. The molecule has 2 rings (SSSR count). The summed E-state index contributed by atoms with van der Waals surface area (Å²) in [5, 5.41) is 20.8. The Morgan fingerprint density at radius 2 is 2.18 bits per heavy atom. The molecule has 0 aliphatic carbocycles. The lowest BCUT2D eigenvalue weighted by Gasteiger charge is -2.14. The highest BCUT2D eigenvalue weighted by atomic mass is 16.4. The van der Waals surface area contributed by atoms with Crippen LogP contribution in [0.15, 0.2) is 24.3 Å². The van der Waals surface area contributed by atoms with Crippen LogP contribution in [0.25, 0.3) is 0 Å². The Hall–Kier alpha value is -2.22. The molecule has 1 aliphatic heterocycles. The lowest BCUT2D eigenvalue weighted by Crippen LogP contribution is -2.30. The van der Waals surface area contributed by atoms with Crippen LogP contribution in [0.1, 0.15) is 12.0 Å². The van der Waals surface area contributed by atoms with Crippen molar-refractivity contribution >= 4 is 11.8 Å². The number of nitrogens with zero attached hydrogens (tertiary/aromatic N) is 2. The van der Waals surface area contributed by atoms with Crippen molar-refractivity contribution in [2.24, 2.45) is 0 Å². The van der Waals surface area contributed by atoms with Crippen LogP contribution >= 0.6 is 0 Å². The fourth-order valence-corrected chi connectivity index (χ4v) is 1.93. The predicted octanol–water partition coefficient (Wildman–Crippen LogP) is 1.72. The maximum absolute atomic E-state index is 10.7. The normalized spacial score (nSPS) is 18.8. The Morgan fingerprint density at radius 1 is 1.47 bits per heavy atom. The Labute approximate surface area is 99.3 Å². The molecule has 1 amide bonds. The Balaban J connectivity index is 1.94. The summed E-state index contributed by atoms with van der Waals surface area (Å²) in [4.78, 5) is 12.1. The molecule has 1 aromatic carbocycles. The second-order valence-corrected chi connectivity index (χ2v) is 4.05. The highest BCUT2D eigenvalue weighted by molar-refractivity contribution is 5.65. The third kappa shape index (κ3) is 2.67. The van der Waals surface area contributed by atoms with E-state index >= 15 is 0 Å². The number of anilines is 1. The van der Waals surface area contributed by atoms with Crippen LogP contribution in [0.3, 0.4) is 0 Å². The largest absolute Gasteiger partial charge is 0.465 e. The lowest BCUT2D eigenvalue weighted by molar-refractivity contribution is 0.155. The number of nitrogens with one attached hydrogen (secondary N) is 1. The summed E-state index contributed by atoms with van der Waals surface area (Å²) in [6.07, 6.45) is -0.0547. The van der Waals surface area contributed by atoms with Crippen molar-refractivity contribution in [3.05, 3.63) is 29.8 Å². The molecule has 2 N–H and O–H groups in total. The molecule has 88 valence electrons. The number of hydrogen-bond acceptors (Lipinski definition) is 3. The van der Waals surface area contributed by atoms with Crippen molar-refractivity contribution < 1.29 is 9.90 Å². The first-order valence-electron chi connectivity index (χ1n) is 5.43. The number of hydrogen-bond donors (Lipinski definition) is 2. The van der Waals surface area contributed by atoms with Gasteiger partial charge in [0.25, 0.3) is 0 Å². The van der Waals surface area contributed by atoms with Crippen LogP contribution < -0.4 is 5.32 Å². The molecule has 5 heteroatoms. The van der Waals surface area contributed by atoms with E-state index in [0.29, 0.717) is 18.7 Å². The third-order valence-corrected chi connectivity index (χ3v) is 2.84. The van der Waals surface area contributed by atoms with E-state index in [1.54, 1.807) is 12.1 Å². The van der Waals surface area contributed by atoms with Gasteiger partial charge in [-0.2, -0.15) is 5.26 Å². The van der Waals surface area contributed by atoms with Gasteiger partial charge >= 0.3 is 6.09 Å². The summed E-state index contributed by atoms with van der Waals surface area (Å²) in [5.74, 6) is 0. The van der Waals surface area contributed by atoms with E-state index < -0.39 is 6.09 Å². The Bertz CT molecular complexity index is 450. The van der Waals surface area contributed by atoms with Gasteiger partial charge in [0.05, 0.1) is 11.6 Å². The van der Waals surface area contributed by atoms with Crippen LogP contribution in [0.5, 0.6) is 0 Å². The minimum absolute atomic E-state index is 0.152. The fourth-order valence-electron chi connectivity index (χ4n) is 1.93. The molecule has 1 aromatic rings. The molecule has 0 saturated carbocycles. The first-order valence-corrected chi connectivity index (χ1v) is 5.43. The Kier molecular flexibility index (Phi) is 3.15. The monoisotopic (exact) mass is 231 g/mol. The van der Waals surface area contributed by atoms with Gasteiger partial charge in [-0.05, 0) is 30.7 Å². The predicted molar refractivity (Wildman–Crippen MR) is 62.8 cm³/mol. The molecule has 1 fully saturated rings. The van der Waals surface area contributed by atoms with Gasteiger partial charge in [0.1, 0.15) is 0 Å². The molecule has 0 spiro atoms. The molecule has 1 saturated heterocycles. The molecule has 1 aliphatic rings. The minimum atomic E-state index is -0.867. The van der Waals surface area contributed by atoms with Crippen molar-refractivity contribution in [3.8, 4) is 6.07 Å². The summed E-state index contributed by atoms with van der Waals surface area (Å²) in [6.45, 7) is 1.08. The van der Waals surface area contributed by atoms with Crippen molar-refractivity contribution in [1.82, 2.24) is 4.90 Å². The van der Waals surface area contributed by atoms with Crippen molar-refractivity contribution in [2.75, 3.05) is 18.4 Å². The van der Waals surface area contributed by atoms with Crippen molar-refractivity contribution in [2.45, 2.75) is 12.5 Å². The molecule has 5 nitrogen and oxygen atoms in total. The number of rotatable bonds is 2. The van der Waals surface area contributed by atoms with E-state index in [1.165, 1.54) is 4.90 Å². The second-order valence-electron chi connectivity index (χ2n) is 4.05. The SMILES string of the molecule is N#Cc1ccc(NC2CCN(C(=O)O)C2)cc1. The zero-order valence-electron chi connectivity index (χ0n) is 9.26. The summed E-state index contributed by atoms with van der Waals surface area (Å²) >= 11 is 0. The summed E-state index contributed by atoms with van der Waals surface area (Å²) in [7, 11) is 0. The number of benzene rings is 1. The van der Waals surface area contributed by atoms with E-state index in [1.807, 2.05) is 12.1 Å². The quantitative estimate of drug-likeness (QED) is 0.812. The van der Waals surface area contributed by atoms with Crippen LogP contribution in [-0.2, 0) is 0 Å². The van der Waals surface area contributed by atoms with Gasteiger partial charge in [-0.15, -0.1) is 0 Å². The molecule has 0 bridgehead atoms. The maximum atomic E-state index is 10.7. The van der Waals surface area contributed by atoms with Gasteiger partial charge in [0.15, 0.2) is 0 Å². The number of amides is 1.